The molecule has 0 bridgehead atoms. The molecule has 8 heteroatoms. The Morgan fingerprint density at radius 3 is 3.08 bits per heavy atom. The van der Waals surface area contributed by atoms with Crippen molar-refractivity contribution in [2.45, 2.75) is 12.7 Å². The Morgan fingerprint density at radius 2 is 2.19 bits per heavy atom. The van der Waals surface area contributed by atoms with Gasteiger partial charge in [-0.3, -0.25) is 10.1 Å². The maximum atomic E-state index is 12.2. The zero-order valence-corrected chi connectivity index (χ0v) is 14.6. The van der Waals surface area contributed by atoms with Gasteiger partial charge in [-0.05, 0) is 35.2 Å². The third-order valence-corrected chi connectivity index (χ3v) is 5.36. The van der Waals surface area contributed by atoms with Gasteiger partial charge in [-0.2, -0.15) is 5.10 Å². The van der Waals surface area contributed by atoms with E-state index in [0.717, 1.165) is 27.6 Å². The molecule has 2 aromatic heterocycles. The molecule has 0 spiro atoms. The van der Waals surface area contributed by atoms with Crippen LogP contribution in [-0.2, 0) is 6.54 Å². The minimum absolute atomic E-state index is 0.0959. The molecule has 0 saturated heterocycles. The van der Waals surface area contributed by atoms with Gasteiger partial charge in [-0.1, -0.05) is 12.1 Å². The number of thiophene rings is 1. The molecule has 3 aromatic rings. The summed E-state index contributed by atoms with van der Waals surface area (Å²) in [7, 11) is 0. The zero-order chi connectivity index (χ0) is 17.5. The fourth-order valence-electron chi connectivity index (χ4n) is 3.16. The van der Waals surface area contributed by atoms with Gasteiger partial charge in [0.15, 0.2) is 11.5 Å². The van der Waals surface area contributed by atoms with E-state index >= 15 is 0 Å². The van der Waals surface area contributed by atoms with Gasteiger partial charge in [-0.15, -0.1) is 11.3 Å². The lowest BCUT2D eigenvalue weighted by atomic mass is 10.2. The largest absolute Gasteiger partial charge is 0.454 e. The lowest BCUT2D eigenvalue weighted by Crippen LogP contribution is -2.45. The van der Waals surface area contributed by atoms with Crippen LogP contribution in [0.1, 0.15) is 22.2 Å². The van der Waals surface area contributed by atoms with E-state index in [2.05, 4.69) is 15.7 Å². The second-order valence-corrected chi connectivity index (χ2v) is 7.08. The number of hydrogen-bond acceptors (Lipinski definition) is 6. The van der Waals surface area contributed by atoms with E-state index in [9.17, 15) is 4.79 Å². The first kappa shape index (κ1) is 15.4. The highest BCUT2D eigenvalue weighted by atomic mass is 32.1. The number of aromatic nitrogens is 2. The van der Waals surface area contributed by atoms with Crippen molar-refractivity contribution < 1.29 is 14.3 Å². The molecule has 132 valence electrons. The molecular formula is C18H16N4O3S. The third-order valence-electron chi connectivity index (χ3n) is 4.47. The molecule has 26 heavy (non-hydrogen) atoms. The SMILES string of the molecule is O=C1NC[C@@H](NCc2ccc3c(c2)OCO3)n2nc(-c3cccs3)cc21. The number of benzene rings is 1. The first-order chi connectivity index (χ1) is 12.8. The number of hydrogen-bond donors (Lipinski definition) is 2. The molecule has 2 aliphatic rings. The van der Waals surface area contributed by atoms with Crippen LogP contribution >= 0.6 is 11.3 Å². The van der Waals surface area contributed by atoms with Crippen molar-refractivity contribution in [3.63, 3.8) is 0 Å². The quantitative estimate of drug-likeness (QED) is 0.739. The van der Waals surface area contributed by atoms with Crippen LogP contribution in [0.3, 0.4) is 0 Å². The number of amides is 1. The Labute approximate surface area is 153 Å². The summed E-state index contributed by atoms with van der Waals surface area (Å²) < 4.78 is 12.5. The Hall–Kier alpha value is -2.84. The van der Waals surface area contributed by atoms with Crippen molar-refractivity contribution in [2.24, 2.45) is 0 Å². The number of rotatable bonds is 4. The molecule has 2 aliphatic heterocycles. The smallest absolute Gasteiger partial charge is 0.269 e. The number of carbonyl (C=O) groups is 1. The van der Waals surface area contributed by atoms with Gasteiger partial charge < -0.3 is 14.8 Å². The van der Waals surface area contributed by atoms with E-state index in [4.69, 9.17) is 9.47 Å². The highest BCUT2D eigenvalue weighted by Crippen LogP contribution is 2.32. The molecule has 0 unspecified atom stereocenters. The van der Waals surface area contributed by atoms with Crippen LogP contribution in [-0.4, -0.2) is 29.0 Å². The fraction of sp³-hybridized carbons (Fsp3) is 0.222. The highest BCUT2D eigenvalue weighted by Gasteiger charge is 2.27. The van der Waals surface area contributed by atoms with Crippen LogP contribution in [0.15, 0.2) is 41.8 Å². The second kappa shape index (κ2) is 6.15. The minimum Gasteiger partial charge on any atom is -0.454 e. The molecule has 0 fully saturated rings. The summed E-state index contributed by atoms with van der Waals surface area (Å²) >= 11 is 1.61. The Bertz CT molecular complexity index is 967. The Morgan fingerprint density at radius 1 is 1.27 bits per heavy atom. The molecular weight excluding hydrogens is 352 g/mol. The van der Waals surface area contributed by atoms with Crippen molar-refractivity contribution in [3.05, 3.63) is 53.0 Å². The monoisotopic (exact) mass is 368 g/mol. The predicted molar refractivity (Wildman–Crippen MR) is 96.3 cm³/mol. The zero-order valence-electron chi connectivity index (χ0n) is 13.8. The first-order valence-corrected chi connectivity index (χ1v) is 9.19. The summed E-state index contributed by atoms with van der Waals surface area (Å²) in [5, 5.41) is 13.0. The molecule has 1 amide bonds. The number of carbonyl (C=O) groups excluding carboxylic acids is 1. The van der Waals surface area contributed by atoms with Crippen molar-refractivity contribution >= 4 is 17.2 Å². The summed E-state index contributed by atoms with van der Waals surface area (Å²) in [6.07, 6.45) is -0.109. The van der Waals surface area contributed by atoms with E-state index in [0.29, 0.717) is 18.8 Å². The van der Waals surface area contributed by atoms with Gasteiger partial charge in [0.2, 0.25) is 6.79 Å². The van der Waals surface area contributed by atoms with Gasteiger partial charge in [0.05, 0.1) is 11.4 Å². The summed E-state index contributed by atoms with van der Waals surface area (Å²) in [4.78, 5) is 13.2. The Balaban J connectivity index is 1.37. The normalized spacial score (nSPS) is 17.8. The maximum absolute atomic E-state index is 12.2. The van der Waals surface area contributed by atoms with Crippen LogP contribution in [0.4, 0.5) is 0 Å². The molecule has 7 nitrogen and oxygen atoms in total. The van der Waals surface area contributed by atoms with Crippen LogP contribution in [0.5, 0.6) is 11.5 Å². The molecule has 1 aromatic carbocycles. The van der Waals surface area contributed by atoms with E-state index < -0.39 is 0 Å². The average Bonchev–Trinajstić information content (AvgIpc) is 3.39. The predicted octanol–water partition coefficient (Wildman–Crippen LogP) is 2.37. The van der Waals surface area contributed by atoms with Crippen LogP contribution in [0.2, 0.25) is 0 Å². The van der Waals surface area contributed by atoms with Crippen molar-refractivity contribution in [2.75, 3.05) is 13.3 Å². The van der Waals surface area contributed by atoms with Crippen LogP contribution < -0.4 is 20.1 Å². The standard InChI is InChI=1S/C18H16N4O3S/c23-18-13-7-12(16-2-1-5-26-16)21-22(13)17(9-20-18)19-8-11-3-4-14-15(6-11)25-10-24-14/h1-7,17,19H,8-10H2,(H,20,23)/t17-/m0/s1. The molecule has 0 radical (unpaired) electrons. The summed E-state index contributed by atoms with van der Waals surface area (Å²) in [5.74, 6) is 1.44. The second-order valence-electron chi connectivity index (χ2n) is 6.13. The lowest BCUT2D eigenvalue weighted by Gasteiger charge is -2.25. The molecule has 1 atom stereocenters. The van der Waals surface area contributed by atoms with Gasteiger partial charge in [0.25, 0.3) is 5.91 Å². The summed E-state index contributed by atoms with van der Waals surface area (Å²) in [6.45, 7) is 1.38. The highest BCUT2D eigenvalue weighted by molar-refractivity contribution is 7.13. The molecule has 5 rings (SSSR count). The van der Waals surface area contributed by atoms with Crippen molar-refractivity contribution in [1.82, 2.24) is 20.4 Å². The van der Waals surface area contributed by atoms with Crippen molar-refractivity contribution in [1.29, 1.82) is 0 Å². The summed E-state index contributed by atoms with van der Waals surface area (Å²) in [6, 6.07) is 11.7. The van der Waals surface area contributed by atoms with E-state index in [1.54, 1.807) is 16.0 Å². The van der Waals surface area contributed by atoms with E-state index in [1.165, 1.54) is 0 Å². The number of fused-ring (bicyclic) bond motifs is 2. The van der Waals surface area contributed by atoms with Crippen LogP contribution in [0.25, 0.3) is 10.6 Å². The maximum Gasteiger partial charge on any atom is 0.269 e. The molecule has 2 N–H and O–H groups in total. The first-order valence-electron chi connectivity index (χ1n) is 8.31. The topological polar surface area (TPSA) is 77.4 Å². The summed E-state index contributed by atoms with van der Waals surface area (Å²) in [5.41, 5.74) is 2.48. The molecule has 0 saturated carbocycles. The lowest BCUT2D eigenvalue weighted by molar-refractivity contribution is 0.0900. The van der Waals surface area contributed by atoms with Gasteiger partial charge in [0.1, 0.15) is 17.6 Å². The Kier molecular flexibility index (Phi) is 3.65. The van der Waals surface area contributed by atoms with Gasteiger partial charge in [0, 0.05) is 6.54 Å². The van der Waals surface area contributed by atoms with E-state index in [-0.39, 0.29) is 18.9 Å². The number of ether oxygens (including phenoxy) is 2. The fourth-order valence-corrected chi connectivity index (χ4v) is 3.84. The van der Waals surface area contributed by atoms with Crippen molar-refractivity contribution in [3.8, 4) is 22.1 Å². The van der Waals surface area contributed by atoms with E-state index in [1.807, 2.05) is 41.8 Å². The molecule has 4 heterocycles. The molecule has 0 aliphatic carbocycles. The minimum atomic E-state index is -0.109. The average molecular weight is 368 g/mol. The van der Waals surface area contributed by atoms with Gasteiger partial charge >= 0.3 is 0 Å². The third kappa shape index (κ3) is 2.63. The number of nitrogens with zero attached hydrogens (tertiary/aromatic N) is 2. The van der Waals surface area contributed by atoms with Crippen LogP contribution in [0, 0.1) is 0 Å². The van der Waals surface area contributed by atoms with Gasteiger partial charge in [-0.25, -0.2) is 4.68 Å². The number of nitrogens with one attached hydrogen (secondary N) is 2.